The van der Waals surface area contributed by atoms with Crippen LogP contribution in [0.5, 0.6) is 11.5 Å². The van der Waals surface area contributed by atoms with Crippen LogP contribution in [-0.4, -0.2) is 30.7 Å². The summed E-state index contributed by atoms with van der Waals surface area (Å²) in [7, 11) is 3.00. The predicted octanol–water partition coefficient (Wildman–Crippen LogP) is 1.49. The van der Waals surface area contributed by atoms with E-state index in [1.54, 1.807) is 18.2 Å². The third-order valence-corrected chi connectivity index (χ3v) is 2.54. The fraction of sp³-hybridized carbons (Fsp3) is 0.167. The average molecular weight is 247 g/mol. The van der Waals surface area contributed by atoms with Gasteiger partial charge in [0.05, 0.1) is 25.5 Å². The average Bonchev–Trinajstić information content (AvgIpc) is 2.83. The molecule has 0 fully saturated rings. The number of ether oxygens (including phenoxy) is 2. The van der Waals surface area contributed by atoms with Crippen molar-refractivity contribution in [2.45, 2.75) is 0 Å². The van der Waals surface area contributed by atoms with Crippen LogP contribution in [0.15, 0.2) is 18.2 Å². The summed E-state index contributed by atoms with van der Waals surface area (Å²) in [6, 6.07) is 5.11. The second kappa shape index (κ2) is 4.79. The molecule has 6 heteroatoms. The molecule has 0 spiro atoms. The standard InChI is InChI=1S/C12H13N3O3/c1-17-10-4-7(9-5-11(13)15-14-9)3-8(6-16)12(10)18-2/h3-6H,1-2H3,(H3,13,14,15). The lowest BCUT2D eigenvalue weighted by atomic mass is 10.1. The van der Waals surface area contributed by atoms with E-state index in [1.165, 1.54) is 14.2 Å². The van der Waals surface area contributed by atoms with Gasteiger partial charge in [0.1, 0.15) is 5.82 Å². The minimum absolute atomic E-state index is 0.382. The van der Waals surface area contributed by atoms with Crippen molar-refractivity contribution >= 4 is 12.1 Å². The molecule has 1 aromatic carbocycles. The first-order chi connectivity index (χ1) is 8.69. The van der Waals surface area contributed by atoms with E-state index in [9.17, 15) is 4.79 Å². The molecular weight excluding hydrogens is 234 g/mol. The summed E-state index contributed by atoms with van der Waals surface area (Å²) in [5.41, 5.74) is 7.40. The van der Waals surface area contributed by atoms with Crippen molar-refractivity contribution in [3.63, 3.8) is 0 Å². The summed E-state index contributed by atoms with van der Waals surface area (Å²) in [4.78, 5) is 11.1. The topological polar surface area (TPSA) is 90.2 Å². The zero-order valence-corrected chi connectivity index (χ0v) is 10.1. The van der Waals surface area contributed by atoms with E-state index in [0.29, 0.717) is 34.9 Å². The van der Waals surface area contributed by atoms with Crippen molar-refractivity contribution in [1.29, 1.82) is 0 Å². The predicted molar refractivity (Wildman–Crippen MR) is 66.9 cm³/mol. The molecule has 0 saturated heterocycles. The summed E-state index contributed by atoms with van der Waals surface area (Å²) in [6.45, 7) is 0. The summed E-state index contributed by atoms with van der Waals surface area (Å²) in [6.07, 6.45) is 0.713. The lowest BCUT2D eigenvalue weighted by Gasteiger charge is -2.11. The molecule has 0 radical (unpaired) electrons. The quantitative estimate of drug-likeness (QED) is 0.799. The molecule has 0 saturated carbocycles. The van der Waals surface area contributed by atoms with Crippen LogP contribution in [0.3, 0.4) is 0 Å². The van der Waals surface area contributed by atoms with E-state index in [0.717, 1.165) is 5.56 Å². The van der Waals surface area contributed by atoms with Crippen LogP contribution < -0.4 is 15.2 Å². The van der Waals surface area contributed by atoms with E-state index >= 15 is 0 Å². The van der Waals surface area contributed by atoms with Gasteiger partial charge in [0.2, 0.25) is 0 Å². The first-order valence-electron chi connectivity index (χ1n) is 5.22. The van der Waals surface area contributed by atoms with E-state index in [-0.39, 0.29) is 0 Å². The van der Waals surface area contributed by atoms with E-state index in [2.05, 4.69) is 10.2 Å². The van der Waals surface area contributed by atoms with Crippen LogP contribution >= 0.6 is 0 Å². The second-order valence-electron chi connectivity index (χ2n) is 3.63. The number of benzene rings is 1. The third kappa shape index (κ3) is 2.00. The Kier molecular flexibility index (Phi) is 3.18. The Bertz CT molecular complexity index is 578. The Morgan fingerprint density at radius 1 is 1.28 bits per heavy atom. The molecule has 0 atom stereocenters. The molecule has 2 rings (SSSR count). The monoisotopic (exact) mass is 247 g/mol. The maximum Gasteiger partial charge on any atom is 0.171 e. The number of nitrogen functional groups attached to an aromatic ring is 1. The van der Waals surface area contributed by atoms with E-state index in [4.69, 9.17) is 15.2 Å². The summed E-state index contributed by atoms with van der Waals surface area (Å²) in [5.74, 6) is 1.27. The van der Waals surface area contributed by atoms with Gasteiger partial charge in [0.15, 0.2) is 17.8 Å². The van der Waals surface area contributed by atoms with Crippen molar-refractivity contribution in [1.82, 2.24) is 10.2 Å². The van der Waals surface area contributed by atoms with Gasteiger partial charge in [-0.3, -0.25) is 9.89 Å². The molecule has 0 amide bonds. The Morgan fingerprint density at radius 3 is 2.56 bits per heavy atom. The zero-order chi connectivity index (χ0) is 13.1. The summed E-state index contributed by atoms with van der Waals surface area (Å²) >= 11 is 0. The molecule has 3 N–H and O–H groups in total. The van der Waals surface area contributed by atoms with Gasteiger partial charge in [-0.2, -0.15) is 5.10 Å². The van der Waals surface area contributed by atoms with Crippen LogP contribution in [0.4, 0.5) is 5.82 Å². The highest BCUT2D eigenvalue weighted by atomic mass is 16.5. The van der Waals surface area contributed by atoms with Gasteiger partial charge < -0.3 is 15.2 Å². The van der Waals surface area contributed by atoms with Gasteiger partial charge in [-0.25, -0.2) is 0 Å². The molecule has 0 aliphatic rings. The fourth-order valence-electron chi connectivity index (χ4n) is 1.72. The van der Waals surface area contributed by atoms with Crippen LogP contribution in [0.2, 0.25) is 0 Å². The van der Waals surface area contributed by atoms with Crippen LogP contribution in [-0.2, 0) is 0 Å². The van der Waals surface area contributed by atoms with Gasteiger partial charge in [0, 0.05) is 11.6 Å². The first kappa shape index (κ1) is 12.0. The maximum atomic E-state index is 11.1. The molecule has 1 heterocycles. The lowest BCUT2D eigenvalue weighted by Crippen LogP contribution is -1.96. The molecule has 6 nitrogen and oxygen atoms in total. The van der Waals surface area contributed by atoms with E-state index in [1.807, 2.05) is 0 Å². The van der Waals surface area contributed by atoms with E-state index < -0.39 is 0 Å². The maximum absolute atomic E-state index is 11.1. The Hall–Kier alpha value is -2.50. The minimum atomic E-state index is 0.382. The first-order valence-corrected chi connectivity index (χ1v) is 5.22. The number of anilines is 1. The lowest BCUT2D eigenvalue weighted by molar-refractivity contribution is 0.112. The molecule has 0 aliphatic carbocycles. The molecule has 0 aliphatic heterocycles. The molecule has 18 heavy (non-hydrogen) atoms. The zero-order valence-electron chi connectivity index (χ0n) is 10.1. The number of hydrogen-bond donors (Lipinski definition) is 2. The Labute approximate surface area is 104 Å². The van der Waals surface area contributed by atoms with Crippen molar-refractivity contribution in [3.8, 4) is 22.8 Å². The number of nitrogens with zero attached hydrogens (tertiary/aromatic N) is 1. The van der Waals surface area contributed by atoms with Crippen molar-refractivity contribution in [2.24, 2.45) is 0 Å². The number of methoxy groups -OCH3 is 2. The van der Waals surface area contributed by atoms with Gasteiger partial charge in [-0.05, 0) is 12.1 Å². The Balaban J connectivity index is 2.59. The number of nitrogens with two attached hydrogens (primary N) is 1. The van der Waals surface area contributed by atoms with Gasteiger partial charge in [0.25, 0.3) is 0 Å². The number of hydrogen-bond acceptors (Lipinski definition) is 5. The van der Waals surface area contributed by atoms with Crippen LogP contribution in [0, 0.1) is 0 Å². The minimum Gasteiger partial charge on any atom is -0.493 e. The number of aromatic amines is 1. The number of aldehydes is 1. The largest absolute Gasteiger partial charge is 0.493 e. The molecule has 2 aromatic rings. The van der Waals surface area contributed by atoms with Crippen molar-refractivity contribution < 1.29 is 14.3 Å². The molecule has 1 aromatic heterocycles. The number of carbonyl (C=O) groups is 1. The molecule has 0 bridgehead atoms. The highest BCUT2D eigenvalue weighted by molar-refractivity contribution is 5.85. The van der Waals surface area contributed by atoms with Crippen molar-refractivity contribution in [3.05, 3.63) is 23.8 Å². The van der Waals surface area contributed by atoms with Gasteiger partial charge in [-0.15, -0.1) is 0 Å². The Morgan fingerprint density at radius 2 is 2.06 bits per heavy atom. The molecule has 0 unspecified atom stereocenters. The molecular formula is C12H13N3O3. The summed E-state index contributed by atoms with van der Waals surface area (Å²) < 4.78 is 10.3. The highest BCUT2D eigenvalue weighted by Gasteiger charge is 2.13. The van der Waals surface area contributed by atoms with Crippen LogP contribution in [0.1, 0.15) is 10.4 Å². The van der Waals surface area contributed by atoms with Crippen LogP contribution in [0.25, 0.3) is 11.3 Å². The number of nitrogens with one attached hydrogen (secondary N) is 1. The number of rotatable bonds is 4. The number of H-pyrrole nitrogens is 1. The summed E-state index contributed by atoms with van der Waals surface area (Å²) in [5, 5.41) is 6.61. The number of carbonyl (C=O) groups excluding carboxylic acids is 1. The third-order valence-electron chi connectivity index (χ3n) is 2.54. The van der Waals surface area contributed by atoms with Crippen molar-refractivity contribution in [2.75, 3.05) is 20.0 Å². The highest BCUT2D eigenvalue weighted by Crippen LogP contribution is 2.35. The SMILES string of the molecule is COc1cc(-c2cc(N)n[nH]2)cc(C=O)c1OC. The fourth-order valence-corrected chi connectivity index (χ4v) is 1.72. The normalized spacial score (nSPS) is 10.1. The second-order valence-corrected chi connectivity index (χ2v) is 3.63. The number of aromatic nitrogens is 2. The molecule has 94 valence electrons. The van der Waals surface area contributed by atoms with Gasteiger partial charge in [-0.1, -0.05) is 0 Å². The smallest absolute Gasteiger partial charge is 0.171 e. The van der Waals surface area contributed by atoms with Gasteiger partial charge >= 0.3 is 0 Å².